The normalized spacial score (nSPS) is 12.6. The summed E-state index contributed by atoms with van der Waals surface area (Å²) < 4.78 is 44.9. The number of unbranched alkanes of at least 4 members (excludes halogenated alkanes) is 3. The van der Waals surface area contributed by atoms with E-state index in [4.69, 9.17) is 4.74 Å². The molecule has 2 rings (SSSR count). The lowest BCUT2D eigenvalue weighted by Crippen LogP contribution is -2.17. The van der Waals surface area contributed by atoms with Crippen molar-refractivity contribution >= 4 is 11.6 Å². The lowest BCUT2D eigenvalue weighted by atomic mass is 10.1. The number of halogens is 3. The van der Waals surface area contributed by atoms with Crippen LogP contribution in [0.2, 0.25) is 0 Å². The summed E-state index contributed by atoms with van der Waals surface area (Å²) in [6.07, 6.45) is 2.22. The van der Waals surface area contributed by atoms with Gasteiger partial charge in [0.25, 0.3) is 0 Å². The zero-order valence-electron chi connectivity index (χ0n) is 16.6. The monoisotopic (exact) mass is 395 g/mol. The van der Waals surface area contributed by atoms with Crippen molar-refractivity contribution in [1.29, 1.82) is 0 Å². The van der Waals surface area contributed by atoms with Gasteiger partial charge in [0.05, 0.1) is 6.10 Å². The second-order valence-electron chi connectivity index (χ2n) is 6.88. The Hall–Kier alpha value is -2.31. The molecule has 1 heterocycles. The predicted molar refractivity (Wildman–Crippen MR) is 105 cm³/mol. The van der Waals surface area contributed by atoms with Gasteiger partial charge < -0.3 is 10.1 Å². The molecular weight excluding hydrogens is 367 g/mol. The number of benzene rings is 1. The van der Waals surface area contributed by atoms with Crippen molar-refractivity contribution in [2.45, 2.75) is 71.6 Å². The highest BCUT2D eigenvalue weighted by Gasteiger charge is 2.36. The maximum Gasteiger partial charge on any atom is 0.423 e. The van der Waals surface area contributed by atoms with Gasteiger partial charge in [-0.3, -0.25) is 0 Å². The fourth-order valence-corrected chi connectivity index (χ4v) is 2.62. The SMILES string of the molecule is CCCCCCc1ccc(Nc2ncc(C(F)(F)F)c(OC(C)CC)n2)cc1. The van der Waals surface area contributed by atoms with Crippen LogP contribution in [0, 0.1) is 0 Å². The number of ether oxygens (including phenoxy) is 1. The molecule has 0 fully saturated rings. The molecule has 4 nitrogen and oxygen atoms in total. The average Bonchev–Trinajstić information content (AvgIpc) is 2.65. The second kappa shape index (κ2) is 10.3. The van der Waals surface area contributed by atoms with Gasteiger partial charge in [-0.15, -0.1) is 0 Å². The van der Waals surface area contributed by atoms with Gasteiger partial charge in [-0.25, -0.2) is 4.98 Å². The quantitative estimate of drug-likeness (QED) is 0.464. The van der Waals surface area contributed by atoms with Crippen molar-refractivity contribution in [3.8, 4) is 5.88 Å². The standard InChI is InChI=1S/C21H28F3N3O/c1-4-6-7-8-9-16-10-12-17(13-11-16)26-20-25-14-18(21(22,23)24)19(27-20)28-15(3)5-2/h10-15H,4-9H2,1-3H3,(H,25,26,27). The van der Waals surface area contributed by atoms with Gasteiger partial charge in [0.15, 0.2) is 0 Å². The summed E-state index contributed by atoms with van der Waals surface area (Å²) in [7, 11) is 0. The highest BCUT2D eigenvalue weighted by molar-refractivity contribution is 5.54. The molecule has 0 saturated carbocycles. The van der Waals surface area contributed by atoms with Crippen molar-refractivity contribution in [1.82, 2.24) is 9.97 Å². The van der Waals surface area contributed by atoms with Gasteiger partial charge in [-0.05, 0) is 43.9 Å². The van der Waals surface area contributed by atoms with E-state index in [9.17, 15) is 13.2 Å². The lowest BCUT2D eigenvalue weighted by Gasteiger charge is -2.17. The van der Waals surface area contributed by atoms with E-state index in [0.29, 0.717) is 12.1 Å². The molecule has 0 aliphatic heterocycles. The fraction of sp³-hybridized carbons (Fsp3) is 0.524. The van der Waals surface area contributed by atoms with Crippen molar-refractivity contribution in [3.05, 3.63) is 41.6 Å². The first-order chi connectivity index (χ1) is 13.3. The number of nitrogens with zero attached hydrogens (tertiary/aromatic N) is 2. The molecule has 0 saturated heterocycles. The van der Waals surface area contributed by atoms with Gasteiger partial charge >= 0.3 is 6.18 Å². The summed E-state index contributed by atoms with van der Waals surface area (Å²) >= 11 is 0. The molecule has 0 spiro atoms. The highest BCUT2D eigenvalue weighted by Crippen LogP contribution is 2.35. The van der Waals surface area contributed by atoms with Crippen LogP contribution < -0.4 is 10.1 Å². The van der Waals surface area contributed by atoms with E-state index in [1.807, 2.05) is 31.2 Å². The van der Waals surface area contributed by atoms with Crippen molar-refractivity contribution < 1.29 is 17.9 Å². The summed E-state index contributed by atoms with van der Waals surface area (Å²) in [4.78, 5) is 7.75. The Bertz CT molecular complexity index is 733. The Labute approximate surface area is 164 Å². The summed E-state index contributed by atoms with van der Waals surface area (Å²) in [5, 5.41) is 2.95. The first-order valence-electron chi connectivity index (χ1n) is 9.80. The van der Waals surface area contributed by atoms with Crippen LogP contribution in [0.15, 0.2) is 30.5 Å². The molecule has 0 radical (unpaired) electrons. The molecule has 0 aliphatic rings. The van der Waals surface area contributed by atoms with Crippen LogP contribution in [0.1, 0.15) is 64.0 Å². The number of rotatable bonds is 10. The maximum absolute atomic E-state index is 13.2. The Morgan fingerprint density at radius 1 is 1.07 bits per heavy atom. The molecular formula is C21H28F3N3O. The van der Waals surface area contributed by atoms with Gasteiger partial charge in [-0.2, -0.15) is 18.2 Å². The van der Waals surface area contributed by atoms with Crippen LogP contribution >= 0.6 is 0 Å². The Morgan fingerprint density at radius 3 is 2.39 bits per heavy atom. The fourth-order valence-electron chi connectivity index (χ4n) is 2.62. The number of anilines is 2. The van der Waals surface area contributed by atoms with Gasteiger partial charge in [0, 0.05) is 11.9 Å². The number of hydrogen-bond acceptors (Lipinski definition) is 4. The number of aryl methyl sites for hydroxylation is 1. The number of alkyl halides is 3. The Morgan fingerprint density at radius 2 is 1.79 bits per heavy atom. The lowest BCUT2D eigenvalue weighted by molar-refractivity contribution is -0.139. The Kier molecular flexibility index (Phi) is 8.08. The highest BCUT2D eigenvalue weighted by atomic mass is 19.4. The third kappa shape index (κ3) is 6.69. The summed E-state index contributed by atoms with van der Waals surface area (Å²) in [5.74, 6) is -0.381. The van der Waals surface area contributed by atoms with Crippen molar-refractivity contribution in [3.63, 3.8) is 0 Å². The van der Waals surface area contributed by atoms with E-state index < -0.39 is 17.6 Å². The molecule has 7 heteroatoms. The van der Waals surface area contributed by atoms with E-state index in [-0.39, 0.29) is 12.1 Å². The first-order valence-corrected chi connectivity index (χ1v) is 9.80. The molecule has 0 bridgehead atoms. The van der Waals surface area contributed by atoms with Crippen LogP contribution in [-0.4, -0.2) is 16.1 Å². The summed E-state index contributed by atoms with van der Waals surface area (Å²) in [6.45, 7) is 5.72. The molecule has 1 aromatic carbocycles. The summed E-state index contributed by atoms with van der Waals surface area (Å²) in [5.41, 5.74) is 0.975. The van der Waals surface area contributed by atoms with Crippen LogP contribution in [0.5, 0.6) is 5.88 Å². The van der Waals surface area contributed by atoms with Gasteiger partial charge in [0.1, 0.15) is 5.56 Å². The maximum atomic E-state index is 13.2. The zero-order chi connectivity index (χ0) is 20.6. The molecule has 1 unspecified atom stereocenters. The predicted octanol–water partition coefficient (Wildman–Crippen LogP) is 6.54. The molecule has 28 heavy (non-hydrogen) atoms. The minimum absolute atomic E-state index is 0.0713. The van der Waals surface area contributed by atoms with E-state index in [1.54, 1.807) is 6.92 Å². The molecule has 0 aliphatic carbocycles. The number of nitrogens with one attached hydrogen (secondary N) is 1. The summed E-state index contributed by atoms with van der Waals surface area (Å²) in [6, 6.07) is 7.78. The third-order valence-electron chi connectivity index (χ3n) is 4.48. The molecule has 1 aromatic heterocycles. The number of hydrogen-bond donors (Lipinski definition) is 1. The Balaban J connectivity index is 2.09. The minimum Gasteiger partial charge on any atom is -0.474 e. The molecule has 1 N–H and O–H groups in total. The van der Waals surface area contributed by atoms with Gasteiger partial charge in [0.2, 0.25) is 11.8 Å². The molecule has 154 valence electrons. The topological polar surface area (TPSA) is 47.0 Å². The first kappa shape index (κ1) is 22.0. The zero-order valence-corrected chi connectivity index (χ0v) is 16.6. The van der Waals surface area contributed by atoms with Gasteiger partial charge in [-0.1, -0.05) is 45.2 Å². The third-order valence-corrected chi connectivity index (χ3v) is 4.48. The van der Waals surface area contributed by atoms with E-state index in [0.717, 1.165) is 19.0 Å². The van der Waals surface area contributed by atoms with Crippen molar-refractivity contribution in [2.75, 3.05) is 5.32 Å². The van der Waals surface area contributed by atoms with Crippen LogP contribution in [-0.2, 0) is 12.6 Å². The second-order valence-corrected chi connectivity index (χ2v) is 6.88. The van der Waals surface area contributed by atoms with E-state index in [1.165, 1.54) is 24.8 Å². The van der Waals surface area contributed by atoms with Crippen molar-refractivity contribution in [2.24, 2.45) is 0 Å². The van der Waals surface area contributed by atoms with Crippen LogP contribution in [0.4, 0.5) is 24.8 Å². The van der Waals surface area contributed by atoms with Crippen LogP contribution in [0.25, 0.3) is 0 Å². The molecule has 0 amide bonds. The molecule has 2 aromatic rings. The largest absolute Gasteiger partial charge is 0.474 e. The van der Waals surface area contributed by atoms with E-state index >= 15 is 0 Å². The smallest absolute Gasteiger partial charge is 0.423 e. The number of aromatic nitrogens is 2. The molecule has 1 atom stereocenters. The van der Waals surface area contributed by atoms with Crippen LogP contribution in [0.3, 0.4) is 0 Å². The minimum atomic E-state index is -4.57. The average molecular weight is 395 g/mol. The van der Waals surface area contributed by atoms with E-state index in [2.05, 4.69) is 22.2 Å².